The number of aryl methyl sites for hydroxylation is 2. The van der Waals surface area contributed by atoms with Crippen LogP contribution in [0.1, 0.15) is 12.1 Å². The first-order chi connectivity index (χ1) is 12.3. The second-order valence-electron chi connectivity index (χ2n) is 6.82. The average molecular weight is 376 g/mol. The number of aromatic nitrogens is 2. The van der Waals surface area contributed by atoms with Crippen molar-refractivity contribution < 1.29 is 13.2 Å². The summed E-state index contributed by atoms with van der Waals surface area (Å²) in [5.41, 5.74) is 2.72. The molecule has 1 aromatic carbocycles. The summed E-state index contributed by atoms with van der Waals surface area (Å²) in [5, 5.41) is 7.37. The van der Waals surface area contributed by atoms with Gasteiger partial charge in [-0.05, 0) is 26.0 Å². The Hall–Kier alpha value is -2.19. The lowest BCUT2D eigenvalue weighted by atomic mass is 10.1. The Labute approximate surface area is 153 Å². The van der Waals surface area contributed by atoms with Crippen LogP contribution in [0.3, 0.4) is 0 Å². The lowest BCUT2D eigenvalue weighted by Crippen LogP contribution is -2.39. The zero-order chi connectivity index (χ0) is 18.9. The molecule has 1 saturated heterocycles. The van der Waals surface area contributed by atoms with Crippen LogP contribution in [0, 0.1) is 6.92 Å². The summed E-state index contributed by atoms with van der Waals surface area (Å²) in [6.45, 7) is 2.05. The maximum absolute atomic E-state index is 12.5. The number of nitrogens with one attached hydrogen (secondary N) is 1. The SMILES string of the molecule is Cc1nn(C)c(NC(=O)CN(C)C2CCS(=O)(=O)C2)c1-c1ccccc1. The molecule has 1 amide bonds. The van der Waals surface area contributed by atoms with Gasteiger partial charge in [-0.2, -0.15) is 5.10 Å². The van der Waals surface area contributed by atoms with Gasteiger partial charge in [-0.3, -0.25) is 14.4 Å². The molecule has 7 nitrogen and oxygen atoms in total. The largest absolute Gasteiger partial charge is 0.309 e. The molecule has 1 unspecified atom stereocenters. The van der Waals surface area contributed by atoms with Crippen LogP contribution in [-0.4, -0.2) is 60.1 Å². The van der Waals surface area contributed by atoms with E-state index in [9.17, 15) is 13.2 Å². The van der Waals surface area contributed by atoms with Gasteiger partial charge in [0.2, 0.25) is 5.91 Å². The second-order valence-corrected chi connectivity index (χ2v) is 9.05. The first-order valence-corrected chi connectivity index (χ1v) is 10.4. The number of hydrogen-bond acceptors (Lipinski definition) is 5. The van der Waals surface area contributed by atoms with Gasteiger partial charge in [-0.25, -0.2) is 8.42 Å². The van der Waals surface area contributed by atoms with Crippen molar-refractivity contribution >= 4 is 21.6 Å². The zero-order valence-electron chi connectivity index (χ0n) is 15.3. The molecule has 1 aromatic heterocycles. The molecule has 8 heteroatoms. The molecule has 0 radical (unpaired) electrons. The van der Waals surface area contributed by atoms with Crippen LogP contribution in [0.5, 0.6) is 0 Å². The fourth-order valence-electron chi connectivity index (χ4n) is 3.40. The molecule has 0 aliphatic carbocycles. The number of nitrogens with zero attached hydrogens (tertiary/aromatic N) is 3. The Morgan fingerprint density at radius 3 is 2.65 bits per heavy atom. The fourth-order valence-corrected chi connectivity index (χ4v) is 5.21. The summed E-state index contributed by atoms with van der Waals surface area (Å²) in [6, 6.07) is 9.69. The Balaban J connectivity index is 1.74. The number of amides is 1. The highest BCUT2D eigenvalue weighted by atomic mass is 32.2. The molecule has 2 heterocycles. The normalized spacial score (nSPS) is 19.0. The van der Waals surface area contributed by atoms with Gasteiger partial charge >= 0.3 is 0 Å². The summed E-state index contributed by atoms with van der Waals surface area (Å²) in [4.78, 5) is 14.4. The van der Waals surface area contributed by atoms with Crippen molar-refractivity contribution in [2.24, 2.45) is 7.05 Å². The number of carbonyl (C=O) groups excluding carboxylic acids is 1. The average Bonchev–Trinajstić information content (AvgIpc) is 3.07. The van der Waals surface area contributed by atoms with E-state index in [0.717, 1.165) is 16.8 Å². The van der Waals surface area contributed by atoms with Gasteiger partial charge < -0.3 is 5.32 Å². The summed E-state index contributed by atoms with van der Waals surface area (Å²) in [7, 11) is 0.615. The van der Waals surface area contributed by atoms with E-state index in [1.807, 2.05) is 42.2 Å². The molecule has 1 fully saturated rings. The Kier molecular flexibility index (Phi) is 5.15. The number of rotatable bonds is 5. The molecule has 2 aromatic rings. The standard InChI is InChI=1S/C18H24N4O3S/c1-13-17(14-7-5-4-6-8-14)18(22(3)20-13)19-16(23)11-21(2)15-9-10-26(24,25)12-15/h4-8,15H,9-12H2,1-3H3,(H,19,23). The second kappa shape index (κ2) is 7.20. The number of sulfone groups is 1. The van der Waals surface area contributed by atoms with Gasteiger partial charge in [0, 0.05) is 18.7 Å². The lowest BCUT2D eigenvalue weighted by Gasteiger charge is -2.22. The predicted molar refractivity (Wildman–Crippen MR) is 102 cm³/mol. The molecule has 140 valence electrons. The van der Waals surface area contributed by atoms with Gasteiger partial charge in [0.25, 0.3) is 0 Å². The van der Waals surface area contributed by atoms with E-state index in [4.69, 9.17) is 0 Å². The monoisotopic (exact) mass is 376 g/mol. The molecule has 1 aliphatic heterocycles. The number of benzene rings is 1. The van der Waals surface area contributed by atoms with E-state index in [-0.39, 0.29) is 30.0 Å². The topological polar surface area (TPSA) is 84.3 Å². The highest BCUT2D eigenvalue weighted by Crippen LogP contribution is 2.30. The smallest absolute Gasteiger partial charge is 0.239 e. The van der Waals surface area contributed by atoms with E-state index in [0.29, 0.717) is 12.2 Å². The van der Waals surface area contributed by atoms with Crippen molar-refractivity contribution in [3.05, 3.63) is 36.0 Å². The van der Waals surface area contributed by atoms with Crippen molar-refractivity contribution in [2.75, 3.05) is 30.4 Å². The van der Waals surface area contributed by atoms with Gasteiger partial charge in [0.15, 0.2) is 9.84 Å². The summed E-state index contributed by atoms with van der Waals surface area (Å²) < 4.78 is 24.9. The summed E-state index contributed by atoms with van der Waals surface area (Å²) >= 11 is 0. The van der Waals surface area contributed by atoms with Crippen LogP contribution >= 0.6 is 0 Å². The number of carbonyl (C=O) groups is 1. The minimum absolute atomic E-state index is 0.104. The molecular weight excluding hydrogens is 352 g/mol. The van der Waals surface area contributed by atoms with Crippen molar-refractivity contribution in [1.82, 2.24) is 14.7 Å². The van der Waals surface area contributed by atoms with Crippen molar-refractivity contribution in [2.45, 2.75) is 19.4 Å². The van der Waals surface area contributed by atoms with E-state index >= 15 is 0 Å². The minimum Gasteiger partial charge on any atom is -0.309 e. The third-order valence-electron chi connectivity index (χ3n) is 4.77. The quantitative estimate of drug-likeness (QED) is 0.854. The first kappa shape index (κ1) is 18.6. The van der Waals surface area contributed by atoms with E-state index in [1.54, 1.807) is 18.8 Å². The summed E-state index contributed by atoms with van der Waals surface area (Å²) in [6.07, 6.45) is 0.576. The Bertz CT molecular complexity index is 906. The van der Waals surface area contributed by atoms with Crippen molar-refractivity contribution in [3.8, 4) is 11.1 Å². The van der Waals surface area contributed by atoms with Crippen molar-refractivity contribution in [1.29, 1.82) is 0 Å². The number of anilines is 1. The highest BCUT2D eigenvalue weighted by molar-refractivity contribution is 7.91. The molecular formula is C18H24N4O3S. The lowest BCUT2D eigenvalue weighted by molar-refractivity contribution is -0.117. The van der Waals surface area contributed by atoms with Crippen LogP contribution in [0.2, 0.25) is 0 Å². The molecule has 3 rings (SSSR count). The minimum atomic E-state index is -2.97. The Morgan fingerprint density at radius 1 is 1.35 bits per heavy atom. The molecule has 0 saturated carbocycles. The van der Waals surface area contributed by atoms with Gasteiger partial charge in [0.05, 0.1) is 23.7 Å². The number of likely N-dealkylation sites (N-methyl/N-ethyl adjacent to an activating group) is 1. The van der Waals surface area contributed by atoms with Crippen LogP contribution in [0.15, 0.2) is 30.3 Å². The van der Waals surface area contributed by atoms with Crippen LogP contribution in [0.4, 0.5) is 5.82 Å². The molecule has 1 N–H and O–H groups in total. The molecule has 0 bridgehead atoms. The molecule has 0 spiro atoms. The first-order valence-electron chi connectivity index (χ1n) is 8.56. The van der Waals surface area contributed by atoms with E-state index < -0.39 is 9.84 Å². The zero-order valence-corrected chi connectivity index (χ0v) is 16.1. The van der Waals surface area contributed by atoms with E-state index in [1.165, 1.54) is 0 Å². The van der Waals surface area contributed by atoms with E-state index in [2.05, 4.69) is 10.4 Å². The summed E-state index contributed by atoms with van der Waals surface area (Å²) in [5.74, 6) is 0.780. The van der Waals surface area contributed by atoms with Crippen molar-refractivity contribution in [3.63, 3.8) is 0 Å². The molecule has 1 aliphatic rings. The van der Waals surface area contributed by atoms with Gasteiger partial charge in [0.1, 0.15) is 5.82 Å². The maximum atomic E-state index is 12.5. The Morgan fingerprint density at radius 2 is 2.04 bits per heavy atom. The van der Waals surface area contributed by atoms with Crippen LogP contribution in [-0.2, 0) is 21.7 Å². The van der Waals surface area contributed by atoms with Gasteiger partial charge in [-0.15, -0.1) is 0 Å². The molecule has 1 atom stereocenters. The van der Waals surface area contributed by atoms with Crippen LogP contribution in [0.25, 0.3) is 11.1 Å². The third-order valence-corrected chi connectivity index (χ3v) is 6.52. The fraction of sp³-hybridized carbons (Fsp3) is 0.444. The highest BCUT2D eigenvalue weighted by Gasteiger charge is 2.31. The molecule has 26 heavy (non-hydrogen) atoms. The number of hydrogen-bond donors (Lipinski definition) is 1. The predicted octanol–water partition coefficient (Wildman–Crippen LogP) is 1.45. The third kappa shape index (κ3) is 3.96. The van der Waals surface area contributed by atoms with Crippen LogP contribution < -0.4 is 5.32 Å². The maximum Gasteiger partial charge on any atom is 0.239 e. The van der Waals surface area contributed by atoms with Gasteiger partial charge in [-0.1, -0.05) is 30.3 Å².